The molecule has 0 heterocycles. The summed E-state index contributed by atoms with van der Waals surface area (Å²) < 4.78 is 9.58. The molecule has 5 nitrogen and oxygen atoms in total. The topological polar surface area (TPSA) is 72.8 Å². The van der Waals surface area contributed by atoms with Crippen molar-refractivity contribution in [1.82, 2.24) is 9.62 Å². The van der Waals surface area contributed by atoms with Gasteiger partial charge in [-0.15, -0.1) is 0 Å². The minimum Gasteiger partial charge on any atom is -0.392 e. The number of aliphatic hydroxyl groups excluding tert-OH is 1. The van der Waals surface area contributed by atoms with Crippen LogP contribution in [0.2, 0.25) is 0 Å². The molecule has 0 bridgehead atoms. The van der Waals surface area contributed by atoms with E-state index in [-0.39, 0.29) is 21.5 Å². The van der Waals surface area contributed by atoms with Gasteiger partial charge >= 0.3 is 0 Å². The van der Waals surface area contributed by atoms with Crippen LogP contribution in [0.15, 0.2) is 12.2 Å². The van der Waals surface area contributed by atoms with Crippen LogP contribution >= 0.6 is 12.2 Å². The molecule has 0 aromatic heterocycles. The molecule has 0 atom stereocenters. The van der Waals surface area contributed by atoms with Gasteiger partial charge in [0, 0.05) is 0 Å². The molecular weight excluding hydrogens is 589 g/mol. The Morgan fingerprint density at radius 1 is 0.522 bits per heavy atom. The minimum absolute atomic E-state index is 0. The number of carbonyl (C=O) groups is 1. The summed E-state index contributed by atoms with van der Waals surface area (Å²) in [4.78, 5) is 8.00. The SMILES string of the molecule is C.C.C=O.CCCCCC/C=C\CO.CCCCCCCCCCCCCCCCCCNCCCCCCCC.CN(C)SO. The van der Waals surface area contributed by atoms with Gasteiger partial charge in [-0.25, -0.2) is 4.31 Å². The molecule has 3 N–H and O–H groups in total. The Balaban J connectivity index is -0.000000174. The summed E-state index contributed by atoms with van der Waals surface area (Å²) in [5.74, 6) is 0. The Hall–Kier alpha value is -0.400. The molecule has 6 heteroatoms. The van der Waals surface area contributed by atoms with E-state index in [1.165, 1.54) is 180 Å². The van der Waals surface area contributed by atoms with E-state index in [2.05, 4.69) is 32.2 Å². The number of unbranched alkanes of at least 4 members (excludes halogenated alkanes) is 24. The van der Waals surface area contributed by atoms with Crippen LogP contribution in [0.25, 0.3) is 0 Å². The first kappa shape index (κ1) is 57.8. The van der Waals surface area contributed by atoms with E-state index in [1.807, 2.05) is 12.9 Å². The van der Waals surface area contributed by atoms with Crippen LogP contribution in [0.5, 0.6) is 0 Å². The van der Waals surface area contributed by atoms with Crippen molar-refractivity contribution in [2.24, 2.45) is 0 Å². The van der Waals surface area contributed by atoms with Crippen molar-refractivity contribution < 1.29 is 14.5 Å². The lowest BCUT2D eigenvalue weighted by atomic mass is 10.0. The molecule has 284 valence electrons. The van der Waals surface area contributed by atoms with Gasteiger partial charge < -0.3 is 19.8 Å². The first-order chi connectivity index (χ1) is 21.6. The van der Waals surface area contributed by atoms with Crippen LogP contribution in [0, 0.1) is 0 Å². The van der Waals surface area contributed by atoms with E-state index in [9.17, 15) is 0 Å². The molecule has 46 heavy (non-hydrogen) atoms. The highest BCUT2D eigenvalue weighted by molar-refractivity contribution is 7.91. The fourth-order valence-corrected chi connectivity index (χ4v) is 4.83. The normalized spacial score (nSPS) is 10.2. The summed E-state index contributed by atoms with van der Waals surface area (Å²) in [6.07, 6.45) is 42.0. The van der Waals surface area contributed by atoms with Gasteiger partial charge in [0.25, 0.3) is 0 Å². The zero-order valence-electron chi connectivity index (χ0n) is 30.7. The number of hydrogen-bond donors (Lipinski definition) is 3. The molecule has 0 radical (unpaired) electrons. The lowest BCUT2D eigenvalue weighted by Gasteiger charge is -2.05. The quantitative estimate of drug-likeness (QED) is 0.0293. The molecule has 0 amide bonds. The molecule has 0 aliphatic rings. The molecule has 0 saturated carbocycles. The van der Waals surface area contributed by atoms with Crippen LogP contribution in [-0.4, -0.2) is 54.5 Å². The van der Waals surface area contributed by atoms with Gasteiger partial charge in [0.2, 0.25) is 0 Å². The third-order valence-electron chi connectivity index (χ3n) is 7.57. The van der Waals surface area contributed by atoms with E-state index in [0.29, 0.717) is 12.2 Å². The van der Waals surface area contributed by atoms with Crippen molar-refractivity contribution in [3.05, 3.63) is 12.2 Å². The third kappa shape index (κ3) is 74.5. The first-order valence-electron chi connectivity index (χ1n) is 18.8. The van der Waals surface area contributed by atoms with Crippen molar-refractivity contribution >= 4 is 19.0 Å². The van der Waals surface area contributed by atoms with Crippen molar-refractivity contribution in [3.8, 4) is 0 Å². The average molecular weight is 679 g/mol. The first-order valence-corrected chi connectivity index (χ1v) is 19.6. The van der Waals surface area contributed by atoms with Crippen molar-refractivity contribution in [1.29, 1.82) is 0 Å². The summed E-state index contributed by atoms with van der Waals surface area (Å²) in [6, 6.07) is 0. The van der Waals surface area contributed by atoms with E-state index in [1.54, 1.807) is 18.4 Å². The zero-order valence-corrected chi connectivity index (χ0v) is 31.5. The monoisotopic (exact) mass is 679 g/mol. The fourth-order valence-electron chi connectivity index (χ4n) is 4.83. The Kier molecular flexibility index (Phi) is 79.6. The van der Waals surface area contributed by atoms with Gasteiger partial charge in [0.15, 0.2) is 0 Å². The summed E-state index contributed by atoms with van der Waals surface area (Å²) >= 11 is 0.713. The van der Waals surface area contributed by atoms with E-state index in [0.717, 1.165) is 6.42 Å². The summed E-state index contributed by atoms with van der Waals surface area (Å²) in [6.45, 7) is 11.5. The average Bonchev–Trinajstić information content (AvgIpc) is 3.04. The molecule has 0 aromatic rings. The van der Waals surface area contributed by atoms with Crippen LogP contribution < -0.4 is 5.32 Å². The predicted octanol–water partition coefficient (Wildman–Crippen LogP) is 13.5. The Morgan fingerprint density at radius 2 is 0.783 bits per heavy atom. The lowest BCUT2D eigenvalue weighted by molar-refractivity contribution is -0.0980. The minimum atomic E-state index is 0. The van der Waals surface area contributed by atoms with Crippen LogP contribution in [0.4, 0.5) is 0 Å². The number of hydrogen-bond acceptors (Lipinski definition) is 6. The van der Waals surface area contributed by atoms with Crippen molar-refractivity contribution in [2.45, 2.75) is 209 Å². The second-order valence-electron chi connectivity index (χ2n) is 12.2. The van der Waals surface area contributed by atoms with Crippen LogP contribution in [0.3, 0.4) is 0 Å². The van der Waals surface area contributed by atoms with Crippen LogP contribution in [0.1, 0.15) is 209 Å². The van der Waals surface area contributed by atoms with Gasteiger partial charge in [-0.1, -0.05) is 195 Å². The number of carbonyl (C=O) groups excluding carboxylic acids is 1. The van der Waals surface area contributed by atoms with Gasteiger partial charge in [0.05, 0.1) is 18.8 Å². The largest absolute Gasteiger partial charge is 0.392 e. The molecule has 0 aliphatic carbocycles. The van der Waals surface area contributed by atoms with Gasteiger partial charge in [-0.3, -0.25) is 0 Å². The number of nitrogens with zero attached hydrogens (tertiary/aromatic N) is 1. The smallest absolute Gasteiger partial charge is 0.106 e. The maximum Gasteiger partial charge on any atom is 0.106 e. The Labute approximate surface area is 297 Å². The Morgan fingerprint density at radius 3 is 1.04 bits per heavy atom. The van der Waals surface area contributed by atoms with Gasteiger partial charge in [-0.2, -0.15) is 0 Å². The van der Waals surface area contributed by atoms with E-state index in [4.69, 9.17) is 14.5 Å². The molecule has 0 rings (SSSR count). The van der Waals surface area contributed by atoms with Crippen LogP contribution in [-0.2, 0) is 4.79 Å². The predicted molar refractivity (Wildman–Crippen MR) is 215 cm³/mol. The van der Waals surface area contributed by atoms with Gasteiger partial charge in [0.1, 0.15) is 6.79 Å². The van der Waals surface area contributed by atoms with Crippen molar-refractivity contribution in [3.63, 3.8) is 0 Å². The Bertz CT molecular complexity index is 444. The maximum atomic E-state index is 8.38. The zero-order chi connectivity index (χ0) is 33.6. The summed E-state index contributed by atoms with van der Waals surface area (Å²) in [7, 11) is 3.54. The summed E-state index contributed by atoms with van der Waals surface area (Å²) in [5, 5.41) is 12.0. The highest BCUT2D eigenvalue weighted by Crippen LogP contribution is 2.13. The highest BCUT2D eigenvalue weighted by Gasteiger charge is 1.95. The maximum absolute atomic E-state index is 8.38. The van der Waals surface area contributed by atoms with E-state index >= 15 is 0 Å². The third-order valence-corrected chi connectivity index (χ3v) is 7.90. The molecule has 0 saturated heterocycles. The number of nitrogens with one attached hydrogen (secondary N) is 1. The second kappa shape index (κ2) is 63.3. The molecular formula is C40H90N2O3S. The lowest BCUT2D eigenvalue weighted by Crippen LogP contribution is -2.16. The molecule has 0 aromatic carbocycles. The molecule has 0 unspecified atom stereocenters. The molecule has 0 aliphatic heterocycles. The number of allylic oxidation sites excluding steroid dienone is 1. The standard InChI is InChI=1S/C26H55N.C9H18O.C2H7NOS.CH2O.2CH4/c1-3-5-7-9-11-12-13-14-15-16-17-18-19-20-22-24-26-27-25-23-21-10-8-6-4-2;1-2-3-4-5-6-7-8-9-10;1-3(2)5-4;1-2;;/h27H,3-26H2,1-2H3;7-8,10H,2-6,9H2,1H3;4H,1-2H3;1H2;2*1H4/b;8-7-;;;;. The highest BCUT2D eigenvalue weighted by atomic mass is 32.2. The molecule has 0 spiro atoms. The second-order valence-corrected chi connectivity index (χ2v) is 13.1. The van der Waals surface area contributed by atoms with Crippen molar-refractivity contribution in [2.75, 3.05) is 33.8 Å². The number of rotatable bonds is 31. The fraction of sp³-hybridized carbons (Fsp3) is 0.925. The summed E-state index contributed by atoms with van der Waals surface area (Å²) in [5.41, 5.74) is 0. The number of aliphatic hydroxyl groups is 1. The van der Waals surface area contributed by atoms with E-state index < -0.39 is 0 Å². The molecule has 0 fully saturated rings. The van der Waals surface area contributed by atoms with Gasteiger partial charge in [-0.05, 0) is 52.9 Å².